The van der Waals surface area contributed by atoms with Gasteiger partial charge in [-0.2, -0.15) is 18.4 Å². The van der Waals surface area contributed by atoms with Gasteiger partial charge in [-0.05, 0) is 31.0 Å². The third kappa shape index (κ3) is 4.53. The standard InChI is InChI=1S/C20H23F3N6/c1-27(2)18-10-19(26-13-25-18)28(3)16-5-4-8-29(12-16)15-7-6-14(11-24)17(9-15)20(21,22)23/h6-7,9-10,13,16H,4-5,8,12H2,1-3H3. The van der Waals surface area contributed by atoms with E-state index in [1.54, 1.807) is 12.1 Å². The predicted molar refractivity (Wildman–Crippen MR) is 106 cm³/mol. The van der Waals surface area contributed by atoms with Crippen LogP contribution in [-0.2, 0) is 6.18 Å². The molecule has 1 fully saturated rings. The molecule has 0 radical (unpaired) electrons. The Hall–Kier alpha value is -3.02. The van der Waals surface area contributed by atoms with Gasteiger partial charge < -0.3 is 14.7 Å². The number of anilines is 3. The maximum Gasteiger partial charge on any atom is 0.417 e. The molecule has 1 aliphatic rings. The van der Waals surface area contributed by atoms with E-state index in [0.29, 0.717) is 18.8 Å². The van der Waals surface area contributed by atoms with Gasteiger partial charge in [-0.3, -0.25) is 0 Å². The summed E-state index contributed by atoms with van der Waals surface area (Å²) in [6.45, 7) is 1.24. The Morgan fingerprint density at radius 1 is 1.14 bits per heavy atom. The topological polar surface area (TPSA) is 59.3 Å². The molecule has 0 N–H and O–H groups in total. The van der Waals surface area contributed by atoms with Crippen LogP contribution in [0.3, 0.4) is 0 Å². The van der Waals surface area contributed by atoms with Gasteiger partial charge in [0.25, 0.3) is 0 Å². The van der Waals surface area contributed by atoms with Crippen LogP contribution >= 0.6 is 0 Å². The molecule has 0 aliphatic carbocycles. The van der Waals surface area contributed by atoms with E-state index in [2.05, 4.69) is 14.9 Å². The first kappa shape index (κ1) is 20.7. The molecule has 3 rings (SSSR count). The first-order valence-corrected chi connectivity index (χ1v) is 9.29. The highest BCUT2D eigenvalue weighted by Crippen LogP contribution is 2.35. The van der Waals surface area contributed by atoms with Crippen molar-refractivity contribution < 1.29 is 13.2 Å². The summed E-state index contributed by atoms with van der Waals surface area (Å²) in [6, 6.07) is 7.53. The molecule has 154 valence electrons. The highest BCUT2D eigenvalue weighted by atomic mass is 19.4. The molecule has 1 atom stereocenters. The van der Waals surface area contributed by atoms with Gasteiger partial charge in [-0.1, -0.05) is 0 Å². The monoisotopic (exact) mass is 404 g/mol. The number of benzene rings is 1. The third-order valence-electron chi connectivity index (χ3n) is 5.20. The molecular weight excluding hydrogens is 381 g/mol. The van der Waals surface area contributed by atoms with Crippen LogP contribution in [-0.4, -0.2) is 50.2 Å². The van der Waals surface area contributed by atoms with Crippen LogP contribution in [0.5, 0.6) is 0 Å². The minimum absolute atomic E-state index is 0.0960. The normalized spacial score (nSPS) is 17.0. The number of hydrogen-bond acceptors (Lipinski definition) is 6. The molecule has 1 unspecified atom stereocenters. The zero-order valence-electron chi connectivity index (χ0n) is 16.6. The third-order valence-corrected chi connectivity index (χ3v) is 5.20. The van der Waals surface area contributed by atoms with Crippen molar-refractivity contribution >= 4 is 17.3 Å². The van der Waals surface area contributed by atoms with Gasteiger partial charge >= 0.3 is 6.18 Å². The van der Waals surface area contributed by atoms with E-state index in [1.165, 1.54) is 12.4 Å². The van der Waals surface area contributed by atoms with Gasteiger partial charge in [0.15, 0.2) is 0 Å². The van der Waals surface area contributed by atoms with Crippen LogP contribution in [0.1, 0.15) is 24.0 Å². The average molecular weight is 404 g/mol. The van der Waals surface area contributed by atoms with Gasteiger partial charge in [-0.25, -0.2) is 9.97 Å². The molecule has 1 aliphatic heterocycles. The van der Waals surface area contributed by atoms with E-state index < -0.39 is 11.7 Å². The van der Waals surface area contributed by atoms with Gasteiger partial charge in [0.1, 0.15) is 18.0 Å². The lowest BCUT2D eigenvalue weighted by atomic mass is 10.0. The number of likely N-dealkylation sites (N-methyl/N-ethyl adjacent to an activating group) is 1. The summed E-state index contributed by atoms with van der Waals surface area (Å²) in [5.74, 6) is 1.56. The second-order valence-electron chi connectivity index (χ2n) is 7.32. The number of rotatable bonds is 4. The van der Waals surface area contributed by atoms with Crippen molar-refractivity contribution in [3.05, 3.63) is 41.7 Å². The fraction of sp³-hybridized carbons (Fsp3) is 0.450. The van der Waals surface area contributed by atoms with Crippen molar-refractivity contribution in [1.82, 2.24) is 9.97 Å². The first-order valence-electron chi connectivity index (χ1n) is 9.29. The number of halogens is 3. The SMILES string of the molecule is CN(C)c1cc(N(C)C2CCCN(c3ccc(C#N)c(C(F)(F)F)c3)C2)ncn1. The van der Waals surface area contributed by atoms with Crippen LogP contribution in [0.15, 0.2) is 30.6 Å². The summed E-state index contributed by atoms with van der Waals surface area (Å²) in [4.78, 5) is 14.5. The second-order valence-corrected chi connectivity index (χ2v) is 7.32. The minimum atomic E-state index is -4.56. The molecule has 1 aromatic heterocycles. The fourth-order valence-corrected chi connectivity index (χ4v) is 3.53. The molecule has 1 aromatic carbocycles. The molecule has 0 amide bonds. The molecule has 0 bridgehead atoms. The quantitative estimate of drug-likeness (QED) is 0.777. The van der Waals surface area contributed by atoms with Crippen LogP contribution in [0.25, 0.3) is 0 Å². The smallest absolute Gasteiger partial charge is 0.369 e. The van der Waals surface area contributed by atoms with Crippen molar-refractivity contribution in [2.45, 2.75) is 25.1 Å². The minimum Gasteiger partial charge on any atom is -0.369 e. The maximum absolute atomic E-state index is 13.3. The van der Waals surface area contributed by atoms with Crippen LogP contribution < -0.4 is 14.7 Å². The fourth-order valence-electron chi connectivity index (χ4n) is 3.53. The van der Waals surface area contributed by atoms with Crippen molar-refractivity contribution in [3.63, 3.8) is 0 Å². The van der Waals surface area contributed by atoms with Gasteiger partial charge in [0.05, 0.1) is 17.2 Å². The Kier molecular flexibility index (Phi) is 5.82. The summed E-state index contributed by atoms with van der Waals surface area (Å²) in [7, 11) is 5.74. The van der Waals surface area contributed by atoms with Crippen molar-refractivity contribution in [3.8, 4) is 6.07 Å². The van der Waals surface area contributed by atoms with E-state index in [4.69, 9.17) is 5.26 Å². The van der Waals surface area contributed by atoms with E-state index in [0.717, 1.165) is 30.5 Å². The van der Waals surface area contributed by atoms with E-state index in [1.807, 2.05) is 37.0 Å². The zero-order chi connectivity index (χ0) is 21.2. The first-order chi connectivity index (χ1) is 13.7. The Labute approximate surface area is 168 Å². The van der Waals surface area contributed by atoms with Crippen molar-refractivity contribution in [2.75, 3.05) is 48.9 Å². The average Bonchev–Trinajstić information content (AvgIpc) is 2.72. The number of alkyl halides is 3. The number of aromatic nitrogens is 2. The summed E-state index contributed by atoms with van der Waals surface area (Å²) in [6.07, 6.45) is -1.28. The summed E-state index contributed by atoms with van der Waals surface area (Å²) < 4.78 is 39.9. The summed E-state index contributed by atoms with van der Waals surface area (Å²) in [5.41, 5.74) is -0.769. The van der Waals surface area contributed by atoms with Crippen LogP contribution in [0.4, 0.5) is 30.5 Å². The largest absolute Gasteiger partial charge is 0.417 e. The molecule has 9 heteroatoms. The summed E-state index contributed by atoms with van der Waals surface area (Å²) >= 11 is 0. The molecule has 1 saturated heterocycles. The second kappa shape index (κ2) is 8.15. The van der Waals surface area contributed by atoms with E-state index >= 15 is 0 Å². The van der Waals surface area contributed by atoms with Crippen LogP contribution in [0.2, 0.25) is 0 Å². The molecule has 2 aromatic rings. The maximum atomic E-state index is 13.3. The lowest BCUT2D eigenvalue weighted by Crippen LogP contribution is -2.47. The van der Waals surface area contributed by atoms with E-state index in [9.17, 15) is 13.2 Å². The predicted octanol–water partition coefficient (Wildman–Crippen LogP) is 3.54. The van der Waals surface area contributed by atoms with Crippen molar-refractivity contribution in [2.24, 2.45) is 0 Å². The van der Waals surface area contributed by atoms with Crippen molar-refractivity contribution in [1.29, 1.82) is 5.26 Å². The van der Waals surface area contributed by atoms with Gasteiger partial charge in [0, 0.05) is 52.0 Å². The molecule has 2 heterocycles. The number of nitrogens with zero attached hydrogens (tertiary/aromatic N) is 6. The molecule has 0 spiro atoms. The number of nitriles is 1. The molecular formula is C20H23F3N6. The summed E-state index contributed by atoms with van der Waals surface area (Å²) in [5, 5.41) is 9.00. The number of hydrogen-bond donors (Lipinski definition) is 0. The molecule has 0 saturated carbocycles. The Morgan fingerprint density at radius 3 is 2.52 bits per heavy atom. The molecule has 29 heavy (non-hydrogen) atoms. The Bertz CT molecular complexity index is 906. The number of piperidine rings is 1. The van der Waals surface area contributed by atoms with Gasteiger partial charge in [-0.15, -0.1) is 0 Å². The highest BCUT2D eigenvalue weighted by molar-refractivity contribution is 5.56. The Morgan fingerprint density at radius 2 is 1.86 bits per heavy atom. The molecule has 6 nitrogen and oxygen atoms in total. The van der Waals surface area contributed by atoms with E-state index in [-0.39, 0.29) is 11.6 Å². The highest BCUT2D eigenvalue weighted by Gasteiger charge is 2.35. The Balaban J connectivity index is 1.82. The lowest BCUT2D eigenvalue weighted by Gasteiger charge is -2.39. The lowest BCUT2D eigenvalue weighted by molar-refractivity contribution is -0.137. The zero-order valence-corrected chi connectivity index (χ0v) is 16.6. The van der Waals surface area contributed by atoms with Gasteiger partial charge in [0.2, 0.25) is 0 Å². The van der Waals surface area contributed by atoms with Crippen LogP contribution in [0, 0.1) is 11.3 Å².